The van der Waals surface area contributed by atoms with Gasteiger partial charge < -0.3 is 23.7 Å². The van der Waals surface area contributed by atoms with Crippen LogP contribution < -0.4 is 19.1 Å². The summed E-state index contributed by atoms with van der Waals surface area (Å²) in [6.45, 7) is 3.95. The normalized spacial score (nSPS) is 15.5. The van der Waals surface area contributed by atoms with Gasteiger partial charge in [-0.3, -0.25) is 4.79 Å². The van der Waals surface area contributed by atoms with Crippen LogP contribution in [0.5, 0.6) is 17.2 Å². The summed E-state index contributed by atoms with van der Waals surface area (Å²) in [6, 6.07) is 21.7. The zero-order chi connectivity index (χ0) is 25.1. The van der Waals surface area contributed by atoms with Crippen LogP contribution in [0, 0.1) is 6.92 Å². The van der Waals surface area contributed by atoms with Crippen molar-refractivity contribution in [2.24, 2.45) is 0 Å². The van der Waals surface area contributed by atoms with Crippen molar-refractivity contribution in [2.75, 3.05) is 32.3 Å². The van der Waals surface area contributed by atoms with E-state index in [1.54, 1.807) is 19.1 Å². The molecule has 0 unspecified atom stereocenters. The van der Waals surface area contributed by atoms with E-state index in [0.29, 0.717) is 31.1 Å². The standard InChI is InChI=1S/C29H31N3O4/c1-20-9-4-7-12-26(20)36-16-8-15-31-24-11-6-5-10-23(24)30-29(31)21-17-28(33)32(19-21)25-18-22(34-2)13-14-27(25)35-3/h4-7,9-14,18,21H,8,15-17,19H2,1-3H3/t21-/m1/s1. The molecular weight excluding hydrogens is 454 g/mol. The summed E-state index contributed by atoms with van der Waals surface area (Å²) < 4.78 is 19.2. The molecule has 1 aliphatic heterocycles. The van der Waals surface area contributed by atoms with Gasteiger partial charge in [-0.2, -0.15) is 0 Å². The van der Waals surface area contributed by atoms with Crippen molar-refractivity contribution < 1.29 is 19.0 Å². The summed E-state index contributed by atoms with van der Waals surface area (Å²) in [5, 5.41) is 0. The van der Waals surface area contributed by atoms with E-state index in [1.165, 1.54) is 0 Å². The van der Waals surface area contributed by atoms with Gasteiger partial charge in [-0.25, -0.2) is 4.98 Å². The molecular formula is C29H31N3O4. The lowest BCUT2D eigenvalue weighted by molar-refractivity contribution is -0.117. The van der Waals surface area contributed by atoms with Gasteiger partial charge in [0.1, 0.15) is 23.1 Å². The van der Waals surface area contributed by atoms with Crippen molar-refractivity contribution in [2.45, 2.75) is 32.2 Å². The van der Waals surface area contributed by atoms with Crippen LogP contribution in [0.25, 0.3) is 11.0 Å². The van der Waals surface area contributed by atoms with Gasteiger partial charge in [0.2, 0.25) is 5.91 Å². The van der Waals surface area contributed by atoms with Crippen molar-refractivity contribution >= 4 is 22.6 Å². The third-order valence-electron chi connectivity index (χ3n) is 6.73. The zero-order valence-corrected chi connectivity index (χ0v) is 20.9. The zero-order valence-electron chi connectivity index (χ0n) is 20.9. The van der Waals surface area contributed by atoms with Gasteiger partial charge in [-0.15, -0.1) is 0 Å². The molecule has 36 heavy (non-hydrogen) atoms. The number of hydrogen-bond acceptors (Lipinski definition) is 5. The maximum absolute atomic E-state index is 13.2. The lowest BCUT2D eigenvalue weighted by Gasteiger charge is -2.20. The first-order chi connectivity index (χ1) is 17.6. The molecule has 7 nitrogen and oxygen atoms in total. The highest BCUT2D eigenvalue weighted by atomic mass is 16.5. The minimum Gasteiger partial charge on any atom is -0.497 e. The van der Waals surface area contributed by atoms with Crippen molar-refractivity contribution in [3.8, 4) is 17.2 Å². The molecule has 3 aromatic carbocycles. The highest BCUT2D eigenvalue weighted by Crippen LogP contribution is 2.39. The molecule has 0 radical (unpaired) electrons. The number of imidazole rings is 1. The molecule has 1 amide bonds. The molecule has 0 saturated carbocycles. The minimum absolute atomic E-state index is 0.0295. The number of aryl methyl sites for hydroxylation is 2. The van der Waals surface area contributed by atoms with Gasteiger partial charge in [0.25, 0.3) is 0 Å². The molecule has 0 aliphatic carbocycles. The number of nitrogens with zero attached hydrogens (tertiary/aromatic N) is 3. The molecule has 0 spiro atoms. The summed E-state index contributed by atoms with van der Waals surface area (Å²) in [4.78, 5) is 19.9. The Morgan fingerprint density at radius 1 is 0.972 bits per heavy atom. The largest absolute Gasteiger partial charge is 0.497 e. The Balaban J connectivity index is 1.38. The second kappa shape index (κ2) is 10.3. The van der Waals surface area contributed by atoms with Gasteiger partial charge >= 0.3 is 0 Å². The Bertz CT molecular complexity index is 1380. The topological polar surface area (TPSA) is 65.8 Å². The fourth-order valence-electron chi connectivity index (χ4n) is 4.89. The molecule has 0 bridgehead atoms. The number of carbonyl (C=O) groups is 1. The van der Waals surface area contributed by atoms with Crippen molar-refractivity contribution in [1.82, 2.24) is 9.55 Å². The smallest absolute Gasteiger partial charge is 0.227 e. The molecule has 186 valence electrons. The van der Waals surface area contributed by atoms with Crippen LogP contribution in [0.4, 0.5) is 5.69 Å². The maximum atomic E-state index is 13.2. The number of anilines is 1. The van der Waals surface area contributed by atoms with Crippen LogP contribution in [-0.2, 0) is 11.3 Å². The summed E-state index contributed by atoms with van der Waals surface area (Å²) in [7, 11) is 3.23. The van der Waals surface area contributed by atoms with Crippen LogP contribution in [0.2, 0.25) is 0 Å². The summed E-state index contributed by atoms with van der Waals surface area (Å²) in [5.74, 6) is 3.20. The molecule has 2 heterocycles. The number of methoxy groups -OCH3 is 2. The predicted molar refractivity (Wildman–Crippen MR) is 140 cm³/mol. The minimum atomic E-state index is -0.0295. The van der Waals surface area contributed by atoms with Gasteiger partial charge in [-0.1, -0.05) is 30.3 Å². The van der Waals surface area contributed by atoms with Crippen molar-refractivity contribution in [3.63, 3.8) is 0 Å². The Labute approximate surface area is 211 Å². The number of rotatable bonds is 9. The number of benzene rings is 3. The van der Waals surface area contributed by atoms with Gasteiger partial charge in [-0.05, 0) is 49.2 Å². The summed E-state index contributed by atoms with van der Waals surface area (Å²) >= 11 is 0. The lowest BCUT2D eigenvalue weighted by atomic mass is 10.1. The van der Waals surface area contributed by atoms with Crippen molar-refractivity contribution in [3.05, 3.63) is 78.1 Å². The number of carbonyl (C=O) groups excluding carboxylic acids is 1. The van der Waals surface area contributed by atoms with Crippen LogP contribution in [0.3, 0.4) is 0 Å². The number of para-hydroxylation sites is 3. The fourth-order valence-corrected chi connectivity index (χ4v) is 4.89. The van der Waals surface area contributed by atoms with E-state index in [1.807, 2.05) is 54.6 Å². The lowest BCUT2D eigenvalue weighted by Crippen LogP contribution is -2.25. The van der Waals surface area contributed by atoms with E-state index in [2.05, 4.69) is 23.6 Å². The molecule has 1 aromatic heterocycles. The Kier molecular flexibility index (Phi) is 6.80. The monoisotopic (exact) mass is 485 g/mol. The second-order valence-electron chi connectivity index (χ2n) is 9.02. The van der Waals surface area contributed by atoms with Crippen molar-refractivity contribution in [1.29, 1.82) is 0 Å². The average molecular weight is 486 g/mol. The molecule has 1 saturated heterocycles. The Morgan fingerprint density at radius 2 is 1.78 bits per heavy atom. The summed E-state index contributed by atoms with van der Waals surface area (Å²) in [5.41, 5.74) is 3.87. The predicted octanol–water partition coefficient (Wildman–Crippen LogP) is 5.35. The van der Waals surface area contributed by atoms with Gasteiger partial charge in [0.05, 0.1) is 37.5 Å². The molecule has 5 rings (SSSR count). The highest BCUT2D eigenvalue weighted by molar-refractivity contribution is 5.98. The third-order valence-corrected chi connectivity index (χ3v) is 6.73. The van der Waals surface area contributed by atoms with E-state index in [-0.39, 0.29) is 11.8 Å². The van der Waals surface area contributed by atoms with E-state index in [4.69, 9.17) is 19.2 Å². The molecule has 0 N–H and O–H groups in total. The molecule has 7 heteroatoms. The molecule has 1 aliphatic rings. The summed E-state index contributed by atoms with van der Waals surface area (Å²) in [6.07, 6.45) is 1.22. The first-order valence-electron chi connectivity index (χ1n) is 12.2. The van der Waals surface area contributed by atoms with Gasteiger partial charge in [0.15, 0.2) is 0 Å². The Morgan fingerprint density at radius 3 is 2.58 bits per heavy atom. The van der Waals surface area contributed by atoms with E-state index < -0.39 is 0 Å². The number of aromatic nitrogens is 2. The number of fused-ring (bicyclic) bond motifs is 1. The first-order valence-corrected chi connectivity index (χ1v) is 12.2. The number of hydrogen-bond donors (Lipinski definition) is 0. The van der Waals surface area contributed by atoms with Gasteiger partial charge in [0, 0.05) is 31.5 Å². The van der Waals surface area contributed by atoms with E-state index in [9.17, 15) is 4.79 Å². The highest BCUT2D eigenvalue weighted by Gasteiger charge is 2.36. The van der Waals surface area contributed by atoms with Crippen LogP contribution in [0.1, 0.15) is 30.1 Å². The van der Waals surface area contributed by atoms with E-state index in [0.717, 1.165) is 46.8 Å². The number of amides is 1. The second-order valence-corrected chi connectivity index (χ2v) is 9.02. The molecule has 1 fully saturated rings. The fraction of sp³-hybridized carbons (Fsp3) is 0.310. The number of ether oxygens (including phenoxy) is 3. The van der Waals surface area contributed by atoms with Crippen LogP contribution >= 0.6 is 0 Å². The maximum Gasteiger partial charge on any atom is 0.227 e. The van der Waals surface area contributed by atoms with Crippen LogP contribution in [-0.4, -0.2) is 42.8 Å². The first kappa shape index (κ1) is 23.7. The van der Waals surface area contributed by atoms with Crippen LogP contribution in [0.15, 0.2) is 66.7 Å². The third kappa shape index (κ3) is 4.61. The van der Waals surface area contributed by atoms with E-state index >= 15 is 0 Å². The molecule has 4 aromatic rings. The quantitative estimate of drug-likeness (QED) is 0.299. The SMILES string of the molecule is COc1ccc(OC)c(N2C[C@H](c3nc4ccccc4n3CCCOc3ccccc3C)CC2=O)c1. The average Bonchev–Trinajstić information content (AvgIpc) is 3.47. The molecule has 1 atom stereocenters. The Hall–Kier alpha value is -4.00.